The number of aromatic nitrogens is 2. The SMILES string of the molecule is CC(C)[C@H](C)S(=O)(=O)Cc1nccn1Cc1ccccc1. The molecule has 2 aromatic rings. The summed E-state index contributed by atoms with van der Waals surface area (Å²) in [7, 11) is -3.18. The quantitative estimate of drug-likeness (QED) is 0.824. The molecule has 0 saturated heterocycles. The third kappa shape index (κ3) is 3.94. The van der Waals surface area contributed by atoms with Gasteiger partial charge in [-0.3, -0.25) is 0 Å². The van der Waals surface area contributed by atoms with Gasteiger partial charge in [-0.05, 0) is 18.4 Å². The Labute approximate surface area is 126 Å². The molecule has 4 nitrogen and oxygen atoms in total. The normalized spacial score (nSPS) is 13.5. The molecule has 0 unspecified atom stereocenters. The fourth-order valence-electron chi connectivity index (χ4n) is 2.13. The van der Waals surface area contributed by atoms with Gasteiger partial charge in [0.2, 0.25) is 0 Å². The average Bonchev–Trinajstić information content (AvgIpc) is 2.85. The van der Waals surface area contributed by atoms with Gasteiger partial charge in [-0.1, -0.05) is 44.2 Å². The molecule has 5 heteroatoms. The molecule has 0 radical (unpaired) electrons. The van der Waals surface area contributed by atoms with Crippen LogP contribution in [0.1, 0.15) is 32.2 Å². The van der Waals surface area contributed by atoms with E-state index in [9.17, 15) is 8.42 Å². The van der Waals surface area contributed by atoms with E-state index in [1.807, 2.05) is 54.9 Å². The van der Waals surface area contributed by atoms with Crippen molar-refractivity contribution in [3.63, 3.8) is 0 Å². The van der Waals surface area contributed by atoms with Crippen molar-refractivity contribution >= 4 is 9.84 Å². The molecule has 1 heterocycles. The van der Waals surface area contributed by atoms with Crippen LogP contribution in [0.3, 0.4) is 0 Å². The summed E-state index contributed by atoms with van der Waals surface area (Å²) in [4.78, 5) is 4.22. The monoisotopic (exact) mass is 306 g/mol. The smallest absolute Gasteiger partial charge is 0.160 e. The summed E-state index contributed by atoms with van der Waals surface area (Å²) in [5.41, 5.74) is 1.13. The Morgan fingerprint density at radius 3 is 2.43 bits per heavy atom. The van der Waals surface area contributed by atoms with E-state index in [-0.39, 0.29) is 16.9 Å². The Bertz CT molecular complexity index is 675. The highest BCUT2D eigenvalue weighted by Crippen LogP contribution is 2.17. The van der Waals surface area contributed by atoms with E-state index in [2.05, 4.69) is 4.98 Å². The lowest BCUT2D eigenvalue weighted by molar-refractivity contribution is 0.542. The highest BCUT2D eigenvalue weighted by Gasteiger charge is 2.25. The van der Waals surface area contributed by atoms with Crippen LogP contribution in [0.5, 0.6) is 0 Å². The molecule has 1 aromatic carbocycles. The minimum Gasteiger partial charge on any atom is -0.330 e. The van der Waals surface area contributed by atoms with Crippen LogP contribution in [-0.4, -0.2) is 23.2 Å². The van der Waals surface area contributed by atoms with E-state index in [1.165, 1.54) is 0 Å². The molecule has 0 aliphatic rings. The van der Waals surface area contributed by atoms with Gasteiger partial charge in [0.25, 0.3) is 0 Å². The van der Waals surface area contributed by atoms with E-state index in [4.69, 9.17) is 0 Å². The maximum atomic E-state index is 12.4. The standard InChI is InChI=1S/C16H22N2O2S/c1-13(2)14(3)21(19,20)12-16-17-9-10-18(16)11-15-7-5-4-6-8-15/h4-10,13-14H,11-12H2,1-3H3/t14-/m0/s1. The molecule has 0 fully saturated rings. The molecular formula is C16H22N2O2S. The van der Waals surface area contributed by atoms with Gasteiger partial charge in [0, 0.05) is 18.9 Å². The minimum absolute atomic E-state index is 0.00776. The summed E-state index contributed by atoms with van der Waals surface area (Å²) in [6, 6.07) is 9.96. The summed E-state index contributed by atoms with van der Waals surface area (Å²) >= 11 is 0. The Morgan fingerprint density at radius 1 is 1.14 bits per heavy atom. The highest BCUT2D eigenvalue weighted by molar-refractivity contribution is 7.91. The van der Waals surface area contributed by atoms with Gasteiger partial charge in [0.05, 0.1) is 5.25 Å². The Hall–Kier alpha value is -1.62. The lowest BCUT2D eigenvalue weighted by atomic mass is 10.2. The lowest BCUT2D eigenvalue weighted by Crippen LogP contribution is -2.26. The van der Waals surface area contributed by atoms with E-state index in [1.54, 1.807) is 13.1 Å². The van der Waals surface area contributed by atoms with Crippen LogP contribution in [-0.2, 0) is 22.1 Å². The van der Waals surface area contributed by atoms with Crippen molar-refractivity contribution in [2.45, 2.75) is 38.3 Å². The van der Waals surface area contributed by atoms with Gasteiger partial charge in [-0.15, -0.1) is 0 Å². The van der Waals surface area contributed by atoms with Crippen LogP contribution in [0.25, 0.3) is 0 Å². The maximum absolute atomic E-state index is 12.4. The largest absolute Gasteiger partial charge is 0.330 e. The van der Waals surface area contributed by atoms with Crippen LogP contribution >= 0.6 is 0 Å². The van der Waals surface area contributed by atoms with Gasteiger partial charge < -0.3 is 4.57 Å². The van der Waals surface area contributed by atoms with Gasteiger partial charge in [-0.2, -0.15) is 0 Å². The van der Waals surface area contributed by atoms with Crippen LogP contribution in [0.15, 0.2) is 42.7 Å². The van der Waals surface area contributed by atoms with Gasteiger partial charge in [0.1, 0.15) is 11.6 Å². The van der Waals surface area contributed by atoms with Crippen molar-refractivity contribution in [3.8, 4) is 0 Å². The van der Waals surface area contributed by atoms with Crippen LogP contribution in [0.4, 0.5) is 0 Å². The molecule has 1 atom stereocenters. The second-order valence-electron chi connectivity index (χ2n) is 5.71. The van der Waals surface area contributed by atoms with E-state index in [0.29, 0.717) is 12.4 Å². The first-order chi connectivity index (χ1) is 9.90. The zero-order valence-electron chi connectivity index (χ0n) is 12.7. The third-order valence-electron chi connectivity index (χ3n) is 3.83. The molecule has 0 N–H and O–H groups in total. The Balaban J connectivity index is 2.18. The van der Waals surface area contributed by atoms with E-state index >= 15 is 0 Å². The second-order valence-corrected chi connectivity index (χ2v) is 8.07. The molecule has 2 rings (SSSR count). The van der Waals surface area contributed by atoms with Crippen molar-refractivity contribution in [1.82, 2.24) is 9.55 Å². The van der Waals surface area contributed by atoms with Crippen molar-refractivity contribution in [2.75, 3.05) is 0 Å². The fourth-order valence-corrected chi connectivity index (χ4v) is 3.82. The summed E-state index contributed by atoms with van der Waals surface area (Å²) in [5, 5.41) is -0.362. The third-order valence-corrected chi connectivity index (χ3v) is 6.17. The van der Waals surface area contributed by atoms with Crippen molar-refractivity contribution in [1.29, 1.82) is 0 Å². The zero-order valence-corrected chi connectivity index (χ0v) is 13.5. The fraction of sp³-hybridized carbons (Fsp3) is 0.438. The molecule has 0 amide bonds. The number of benzene rings is 1. The molecule has 0 bridgehead atoms. The predicted octanol–water partition coefficient (Wildman–Crippen LogP) is 2.89. The first-order valence-corrected chi connectivity index (χ1v) is 8.87. The van der Waals surface area contributed by atoms with Gasteiger partial charge in [0.15, 0.2) is 9.84 Å². The molecule has 0 aliphatic carbocycles. The topological polar surface area (TPSA) is 52.0 Å². The molecular weight excluding hydrogens is 284 g/mol. The first-order valence-electron chi connectivity index (χ1n) is 7.15. The van der Waals surface area contributed by atoms with Gasteiger partial charge in [-0.25, -0.2) is 13.4 Å². The van der Waals surface area contributed by atoms with E-state index < -0.39 is 9.84 Å². The van der Waals surface area contributed by atoms with Crippen LogP contribution in [0, 0.1) is 5.92 Å². The highest BCUT2D eigenvalue weighted by atomic mass is 32.2. The molecule has 1 aromatic heterocycles. The maximum Gasteiger partial charge on any atom is 0.160 e. The summed E-state index contributed by atoms with van der Waals surface area (Å²) in [6.45, 7) is 6.27. The second kappa shape index (κ2) is 6.43. The molecule has 0 spiro atoms. The molecule has 0 saturated carbocycles. The molecule has 114 valence electrons. The summed E-state index contributed by atoms with van der Waals surface area (Å²) in [5.74, 6) is 0.700. The zero-order chi connectivity index (χ0) is 15.5. The number of hydrogen-bond acceptors (Lipinski definition) is 3. The summed E-state index contributed by atoms with van der Waals surface area (Å²) in [6.07, 6.45) is 3.49. The van der Waals surface area contributed by atoms with Crippen molar-refractivity contribution in [2.24, 2.45) is 5.92 Å². The van der Waals surface area contributed by atoms with Crippen molar-refractivity contribution in [3.05, 3.63) is 54.1 Å². The summed E-state index contributed by atoms with van der Waals surface area (Å²) < 4.78 is 26.7. The lowest BCUT2D eigenvalue weighted by Gasteiger charge is -2.16. The number of rotatable bonds is 6. The number of sulfone groups is 1. The molecule has 21 heavy (non-hydrogen) atoms. The minimum atomic E-state index is -3.18. The van der Waals surface area contributed by atoms with E-state index in [0.717, 1.165) is 5.56 Å². The van der Waals surface area contributed by atoms with Crippen LogP contribution < -0.4 is 0 Å². The average molecular weight is 306 g/mol. The number of hydrogen-bond donors (Lipinski definition) is 0. The Morgan fingerprint density at radius 2 is 1.81 bits per heavy atom. The molecule has 0 aliphatic heterocycles. The van der Waals surface area contributed by atoms with Crippen molar-refractivity contribution < 1.29 is 8.42 Å². The predicted molar refractivity (Wildman–Crippen MR) is 84.7 cm³/mol. The number of nitrogens with zero attached hydrogens (tertiary/aromatic N) is 2. The number of imidazole rings is 1. The Kier molecular flexibility index (Phi) is 4.83. The van der Waals surface area contributed by atoms with Crippen LogP contribution in [0.2, 0.25) is 0 Å². The van der Waals surface area contributed by atoms with Gasteiger partial charge >= 0.3 is 0 Å². The first kappa shape index (κ1) is 15.8.